The molecule has 1 saturated heterocycles. The minimum absolute atomic E-state index is 0.0726. The highest BCUT2D eigenvalue weighted by atomic mass is 16.6. The van der Waals surface area contributed by atoms with Crippen LogP contribution in [-0.4, -0.2) is 40.8 Å². The molecule has 1 aliphatic rings. The molecule has 1 aromatic rings. The topological polar surface area (TPSA) is 66.8 Å². The average molecular weight is 319 g/mol. The smallest absolute Gasteiger partial charge is 0.410 e. The van der Waals surface area contributed by atoms with Crippen molar-refractivity contribution in [2.45, 2.75) is 45.6 Å². The molecule has 0 aliphatic carbocycles. The lowest BCUT2D eigenvalue weighted by Crippen LogP contribution is -2.67. The third kappa shape index (κ3) is 4.03. The highest BCUT2D eigenvalue weighted by Crippen LogP contribution is 2.35. The number of carboxylic acid groups (broad SMARTS) is 1. The molecule has 126 valence electrons. The Morgan fingerprint density at radius 3 is 2.39 bits per heavy atom. The molecule has 0 spiro atoms. The van der Waals surface area contributed by atoms with Crippen molar-refractivity contribution in [2.24, 2.45) is 5.41 Å². The van der Waals surface area contributed by atoms with Gasteiger partial charge in [-0.15, -0.1) is 0 Å². The Kier molecular flexibility index (Phi) is 4.97. The van der Waals surface area contributed by atoms with Gasteiger partial charge in [0.05, 0.1) is 6.61 Å². The van der Waals surface area contributed by atoms with Gasteiger partial charge < -0.3 is 9.84 Å². The molecule has 5 heteroatoms. The molecule has 1 aliphatic heterocycles. The molecule has 0 aromatic heterocycles. The van der Waals surface area contributed by atoms with E-state index in [4.69, 9.17) is 4.74 Å². The van der Waals surface area contributed by atoms with Crippen molar-refractivity contribution in [2.75, 3.05) is 13.2 Å². The summed E-state index contributed by atoms with van der Waals surface area (Å²) in [7, 11) is 0. The summed E-state index contributed by atoms with van der Waals surface area (Å²) in [6.45, 7) is 6.94. The van der Waals surface area contributed by atoms with Crippen LogP contribution in [0.15, 0.2) is 30.3 Å². The first-order valence-corrected chi connectivity index (χ1v) is 7.96. The van der Waals surface area contributed by atoms with Crippen LogP contribution in [0.3, 0.4) is 0 Å². The van der Waals surface area contributed by atoms with Crippen LogP contribution >= 0.6 is 0 Å². The molecule has 1 N–H and O–H groups in total. The maximum absolute atomic E-state index is 12.3. The third-order valence-corrected chi connectivity index (χ3v) is 4.30. The fraction of sp³-hybridized carbons (Fsp3) is 0.556. The predicted octanol–water partition coefficient (Wildman–Crippen LogP) is 3.33. The van der Waals surface area contributed by atoms with Crippen LogP contribution in [0.5, 0.6) is 0 Å². The van der Waals surface area contributed by atoms with E-state index in [1.807, 2.05) is 30.3 Å². The van der Waals surface area contributed by atoms with E-state index < -0.39 is 17.6 Å². The van der Waals surface area contributed by atoms with Crippen molar-refractivity contribution >= 4 is 12.1 Å². The van der Waals surface area contributed by atoms with Gasteiger partial charge >= 0.3 is 12.1 Å². The molecule has 5 nitrogen and oxygen atoms in total. The highest BCUT2D eigenvalue weighted by Gasteiger charge is 2.54. The first-order valence-electron chi connectivity index (χ1n) is 7.96. The van der Waals surface area contributed by atoms with Crippen molar-refractivity contribution in [1.29, 1.82) is 0 Å². The van der Waals surface area contributed by atoms with E-state index >= 15 is 0 Å². The Morgan fingerprint density at radius 1 is 1.26 bits per heavy atom. The molecule has 0 unspecified atom stereocenters. The molecule has 2 rings (SSSR count). The molecule has 1 aromatic carbocycles. The number of carbonyl (C=O) groups excluding carboxylic acids is 1. The van der Waals surface area contributed by atoms with Gasteiger partial charge in [-0.25, -0.2) is 9.59 Å². The summed E-state index contributed by atoms with van der Waals surface area (Å²) in [5.74, 6) is -0.972. The van der Waals surface area contributed by atoms with E-state index in [1.165, 1.54) is 4.90 Å². The van der Waals surface area contributed by atoms with E-state index in [9.17, 15) is 14.7 Å². The van der Waals surface area contributed by atoms with Crippen molar-refractivity contribution in [3.63, 3.8) is 0 Å². The Balaban J connectivity index is 2.03. The number of benzene rings is 1. The fourth-order valence-electron chi connectivity index (χ4n) is 2.70. The number of hydrogen-bond donors (Lipinski definition) is 1. The summed E-state index contributed by atoms with van der Waals surface area (Å²) in [6.07, 6.45) is 0.966. The SMILES string of the molecule is CC(C)(C)CCOC(=O)N1CC[C@@]1(Cc1ccccc1)C(=O)O. The van der Waals surface area contributed by atoms with Gasteiger partial charge in [-0.05, 0) is 23.8 Å². The molecule has 23 heavy (non-hydrogen) atoms. The Hall–Kier alpha value is -2.04. The monoisotopic (exact) mass is 319 g/mol. The van der Waals surface area contributed by atoms with Gasteiger partial charge in [0.25, 0.3) is 0 Å². The van der Waals surface area contributed by atoms with E-state index in [-0.39, 0.29) is 5.41 Å². The lowest BCUT2D eigenvalue weighted by Gasteiger charge is -2.48. The average Bonchev–Trinajstić information content (AvgIpc) is 2.42. The van der Waals surface area contributed by atoms with Crippen LogP contribution in [0, 0.1) is 5.41 Å². The van der Waals surface area contributed by atoms with Gasteiger partial charge in [0.15, 0.2) is 0 Å². The summed E-state index contributed by atoms with van der Waals surface area (Å²) < 4.78 is 5.29. The maximum atomic E-state index is 12.3. The van der Waals surface area contributed by atoms with Crippen LogP contribution in [0.2, 0.25) is 0 Å². The molecule has 1 fully saturated rings. The van der Waals surface area contributed by atoms with Crippen molar-refractivity contribution in [3.05, 3.63) is 35.9 Å². The summed E-state index contributed by atoms with van der Waals surface area (Å²) in [4.78, 5) is 25.4. The van der Waals surface area contributed by atoms with Crippen molar-refractivity contribution in [1.82, 2.24) is 4.90 Å². The maximum Gasteiger partial charge on any atom is 0.410 e. The number of carboxylic acids is 1. The van der Waals surface area contributed by atoms with Crippen LogP contribution < -0.4 is 0 Å². The van der Waals surface area contributed by atoms with Crippen LogP contribution in [0.4, 0.5) is 4.79 Å². The quantitative estimate of drug-likeness (QED) is 0.904. The lowest BCUT2D eigenvalue weighted by molar-refractivity contribution is -0.159. The normalized spacial score (nSPS) is 20.7. The zero-order valence-electron chi connectivity index (χ0n) is 14.0. The summed E-state index contributed by atoms with van der Waals surface area (Å²) in [5, 5.41) is 9.67. The predicted molar refractivity (Wildman–Crippen MR) is 87.3 cm³/mol. The van der Waals surface area contributed by atoms with Gasteiger partial charge in [0.1, 0.15) is 5.54 Å². The molecular formula is C18H25NO4. The zero-order valence-corrected chi connectivity index (χ0v) is 14.0. The Morgan fingerprint density at radius 2 is 1.91 bits per heavy atom. The number of amides is 1. The highest BCUT2D eigenvalue weighted by molar-refractivity contribution is 5.86. The fourth-order valence-corrected chi connectivity index (χ4v) is 2.70. The number of aliphatic carboxylic acids is 1. The van der Waals surface area contributed by atoms with Gasteiger partial charge in [-0.3, -0.25) is 4.90 Å². The zero-order chi connectivity index (χ0) is 17.1. The van der Waals surface area contributed by atoms with Gasteiger partial charge in [0.2, 0.25) is 0 Å². The van der Waals surface area contributed by atoms with E-state index in [1.54, 1.807) is 0 Å². The number of carbonyl (C=O) groups is 2. The molecule has 1 heterocycles. The van der Waals surface area contributed by atoms with E-state index in [0.29, 0.717) is 26.0 Å². The summed E-state index contributed by atoms with van der Waals surface area (Å²) >= 11 is 0. The molecule has 0 bridgehead atoms. The van der Waals surface area contributed by atoms with Gasteiger partial charge in [-0.2, -0.15) is 0 Å². The largest absolute Gasteiger partial charge is 0.479 e. The van der Waals surface area contributed by atoms with Crippen molar-refractivity contribution < 1.29 is 19.4 Å². The third-order valence-electron chi connectivity index (χ3n) is 4.30. The standard InChI is InChI=1S/C18H25NO4/c1-17(2,3)10-12-23-16(22)19-11-9-18(19,15(20)21)13-14-7-5-4-6-8-14/h4-8H,9-13H2,1-3H3,(H,20,21)/t18-/m1/s1. The second kappa shape index (κ2) is 6.60. The lowest BCUT2D eigenvalue weighted by atomic mass is 9.79. The van der Waals surface area contributed by atoms with E-state index in [2.05, 4.69) is 20.8 Å². The van der Waals surface area contributed by atoms with Crippen LogP contribution in [-0.2, 0) is 16.0 Å². The van der Waals surface area contributed by atoms with Gasteiger partial charge in [-0.1, -0.05) is 51.1 Å². The number of nitrogens with zero attached hydrogens (tertiary/aromatic N) is 1. The number of rotatable bonds is 5. The molecule has 0 radical (unpaired) electrons. The Bertz CT molecular complexity index is 564. The Labute approximate surface area is 137 Å². The minimum Gasteiger partial charge on any atom is -0.479 e. The van der Waals surface area contributed by atoms with Gasteiger partial charge in [0, 0.05) is 13.0 Å². The van der Waals surface area contributed by atoms with Crippen LogP contribution in [0.25, 0.3) is 0 Å². The molecular weight excluding hydrogens is 294 g/mol. The minimum atomic E-state index is -1.18. The number of likely N-dealkylation sites (tertiary alicyclic amines) is 1. The first kappa shape index (κ1) is 17.3. The van der Waals surface area contributed by atoms with Crippen molar-refractivity contribution in [3.8, 4) is 0 Å². The number of hydrogen-bond acceptors (Lipinski definition) is 3. The summed E-state index contributed by atoms with van der Waals surface area (Å²) in [5.41, 5.74) is -0.203. The first-order chi connectivity index (χ1) is 10.7. The van der Waals surface area contributed by atoms with Crippen LogP contribution in [0.1, 0.15) is 39.2 Å². The van der Waals surface area contributed by atoms with E-state index in [0.717, 1.165) is 12.0 Å². The molecule has 1 atom stereocenters. The second-order valence-electron chi connectivity index (χ2n) is 7.33. The molecule has 1 amide bonds. The summed E-state index contributed by atoms with van der Waals surface area (Å²) in [6, 6.07) is 9.39. The molecule has 0 saturated carbocycles. The second-order valence-corrected chi connectivity index (χ2v) is 7.33. The number of ether oxygens (including phenoxy) is 1.